The minimum atomic E-state index is -0.186. The number of halogens is 1. The van der Waals surface area contributed by atoms with Crippen molar-refractivity contribution in [3.05, 3.63) is 83.2 Å². The van der Waals surface area contributed by atoms with Gasteiger partial charge < -0.3 is 14.1 Å². The number of nitrogens with zero attached hydrogens (tertiary/aromatic N) is 2. The van der Waals surface area contributed by atoms with Crippen LogP contribution >= 0.6 is 11.6 Å². The zero-order chi connectivity index (χ0) is 21.4. The lowest BCUT2D eigenvalue weighted by atomic mass is 10.0. The SMILES string of the molecule is COc1ccccc1-c1ccc2oc([C@@H]3CCCN3C(=O)c3cccc(Cl)c3)nc2c1. The minimum absolute atomic E-state index is 0.0537. The number of carbonyl (C=O) groups excluding carboxylic acids is 1. The number of para-hydroxylation sites is 1. The van der Waals surface area contributed by atoms with Crippen LogP contribution < -0.4 is 4.74 Å². The zero-order valence-corrected chi connectivity index (χ0v) is 17.8. The van der Waals surface area contributed by atoms with Crippen molar-refractivity contribution in [3.63, 3.8) is 0 Å². The Kier molecular flexibility index (Phi) is 5.12. The molecule has 1 amide bonds. The summed E-state index contributed by atoms with van der Waals surface area (Å²) in [6.45, 7) is 0.668. The summed E-state index contributed by atoms with van der Waals surface area (Å²) in [5.41, 5.74) is 4.04. The Morgan fingerprint density at radius 3 is 2.84 bits per heavy atom. The van der Waals surface area contributed by atoms with Crippen LogP contribution in [0.25, 0.3) is 22.2 Å². The number of methoxy groups -OCH3 is 1. The maximum Gasteiger partial charge on any atom is 0.254 e. The summed E-state index contributed by atoms with van der Waals surface area (Å²) >= 11 is 6.08. The number of aromatic nitrogens is 1. The molecule has 0 spiro atoms. The summed E-state index contributed by atoms with van der Waals surface area (Å²) in [6, 6.07) is 20.7. The molecule has 3 aromatic carbocycles. The van der Waals surface area contributed by atoms with Gasteiger partial charge in [0.25, 0.3) is 5.91 Å². The maximum atomic E-state index is 13.1. The summed E-state index contributed by atoms with van der Waals surface area (Å²) in [7, 11) is 1.66. The van der Waals surface area contributed by atoms with E-state index in [1.165, 1.54) is 0 Å². The van der Waals surface area contributed by atoms with Crippen molar-refractivity contribution < 1.29 is 13.9 Å². The number of amides is 1. The van der Waals surface area contributed by atoms with Crippen LogP contribution in [0.3, 0.4) is 0 Å². The molecule has 4 aromatic rings. The Bertz CT molecular complexity index is 1270. The molecule has 1 atom stereocenters. The second-order valence-corrected chi connectivity index (χ2v) is 8.04. The van der Waals surface area contributed by atoms with Gasteiger partial charge in [0.05, 0.1) is 7.11 Å². The highest BCUT2D eigenvalue weighted by atomic mass is 35.5. The lowest BCUT2D eigenvalue weighted by Crippen LogP contribution is -2.30. The van der Waals surface area contributed by atoms with Crippen LogP contribution in [0, 0.1) is 0 Å². The quantitative estimate of drug-likeness (QED) is 0.389. The summed E-state index contributed by atoms with van der Waals surface area (Å²) in [5, 5.41) is 0.548. The minimum Gasteiger partial charge on any atom is -0.496 e. The van der Waals surface area contributed by atoms with Crippen molar-refractivity contribution in [1.82, 2.24) is 9.88 Å². The first-order chi connectivity index (χ1) is 15.1. The first-order valence-electron chi connectivity index (χ1n) is 10.2. The predicted molar refractivity (Wildman–Crippen MR) is 120 cm³/mol. The normalized spacial score (nSPS) is 16.1. The highest BCUT2D eigenvalue weighted by Gasteiger charge is 2.34. The first kappa shape index (κ1) is 19.6. The molecule has 1 aliphatic heterocycles. The van der Waals surface area contributed by atoms with Crippen LogP contribution in [0.15, 0.2) is 71.1 Å². The highest BCUT2D eigenvalue weighted by molar-refractivity contribution is 6.30. The van der Waals surface area contributed by atoms with E-state index in [1.807, 2.05) is 47.4 Å². The number of ether oxygens (including phenoxy) is 1. The molecule has 0 bridgehead atoms. The smallest absolute Gasteiger partial charge is 0.254 e. The van der Waals surface area contributed by atoms with E-state index in [4.69, 9.17) is 25.7 Å². The Morgan fingerprint density at radius 2 is 2.00 bits per heavy atom. The van der Waals surface area contributed by atoms with Crippen molar-refractivity contribution in [2.45, 2.75) is 18.9 Å². The van der Waals surface area contributed by atoms with Gasteiger partial charge in [-0.15, -0.1) is 0 Å². The molecular weight excluding hydrogens is 412 g/mol. The van der Waals surface area contributed by atoms with Crippen LogP contribution in [0.4, 0.5) is 0 Å². The second-order valence-electron chi connectivity index (χ2n) is 7.60. The Labute approximate surface area is 185 Å². The Balaban J connectivity index is 1.48. The van der Waals surface area contributed by atoms with Crippen LogP contribution in [0.1, 0.15) is 35.1 Å². The summed E-state index contributed by atoms with van der Waals surface area (Å²) < 4.78 is 11.6. The standard InChI is InChI=1S/C25H21ClN2O3/c1-30-22-10-3-2-8-19(22)16-11-12-23-20(15-16)27-24(31-23)21-9-5-13-28(21)25(29)17-6-4-7-18(26)14-17/h2-4,6-8,10-12,14-15,21H,5,9,13H2,1H3/t21-/m0/s1. The van der Waals surface area contributed by atoms with E-state index in [0.717, 1.165) is 35.2 Å². The Hall–Kier alpha value is -3.31. The van der Waals surface area contributed by atoms with Gasteiger partial charge in [-0.3, -0.25) is 4.79 Å². The largest absolute Gasteiger partial charge is 0.496 e. The molecule has 0 N–H and O–H groups in total. The molecule has 31 heavy (non-hydrogen) atoms. The fourth-order valence-corrected chi connectivity index (χ4v) is 4.38. The van der Waals surface area contributed by atoms with E-state index >= 15 is 0 Å². The maximum absolute atomic E-state index is 13.1. The fraction of sp³-hybridized carbons (Fsp3) is 0.200. The number of hydrogen-bond acceptors (Lipinski definition) is 4. The van der Waals surface area contributed by atoms with Gasteiger partial charge in [0, 0.05) is 22.7 Å². The van der Waals surface area contributed by atoms with Crippen molar-refractivity contribution in [1.29, 1.82) is 0 Å². The van der Waals surface area contributed by atoms with Gasteiger partial charge >= 0.3 is 0 Å². The molecule has 0 aliphatic carbocycles. The molecule has 1 aliphatic rings. The molecule has 1 saturated heterocycles. The van der Waals surface area contributed by atoms with Gasteiger partial charge in [-0.2, -0.15) is 0 Å². The van der Waals surface area contributed by atoms with E-state index < -0.39 is 0 Å². The van der Waals surface area contributed by atoms with E-state index in [0.29, 0.717) is 28.6 Å². The van der Waals surface area contributed by atoms with Gasteiger partial charge in [-0.05, 0) is 54.8 Å². The molecule has 2 heterocycles. The molecule has 5 rings (SSSR count). The van der Waals surface area contributed by atoms with Crippen LogP contribution in [0.5, 0.6) is 5.75 Å². The predicted octanol–water partition coefficient (Wildman–Crippen LogP) is 6.13. The van der Waals surface area contributed by atoms with E-state index in [1.54, 1.807) is 31.4 Å². The first-order valence-corrected chi connectivity index (χ1v) is 10.6. The molecule has 0 saturated carbocycles. The van der Waals surface area contributed by atoms with Gasteiger partial charge in [-0.1, -0.05) is 41.9 Å². The molecule has 1 aromatic heterocycles. The van der Waals surface area contributed by atoms with E-state index in [9.17, 15) is 4.79 Å². The third-order valence-electron chi connectivity index (χ3n) is 5.69. The third-order valence-corrected chi connectivity index (χ3v) is 5.93. The molecular formula is C25H21ClN2O3. The number of likely N-dealkylation sites (tertiary alicyclic amines) is 1. The number of carbonyl (C=O) groups is 1. The number of benzene rings is 3. The fourth-order valence-electron chi connectivity index (χ4n) is 4.19. The average Bonchev–Trinajstić information content (AvgIpc) is 3.45. The summed E-state index contributed by atoms with van der Waals surface area (Å²) in [5.74, 6) is 1.32. The number of oxazole rings is 1. The molecule has 0 unspecified atom stereocenters. The summed E-state index contributed by atoms with van der Waals surface area (Å²) in [4.78, 5) is 19.7. The van der Waals surface area contributed by atoms with Gasteiger partial charge in [0.1, 0.15) is 17.3 Å². The van der Waals surface area contributed by atoms with Gasteiger partial charge in [0.15, 0.2) is 5.58 Å². The topological polar surface area (TPSA) is 55.6 Å². The van der Waals surface area contributed by atoms with Crippen LogP contribution in [-0.2, 0) is 0 Å². The van der Waals surface area contributed by atoms with Gasteiger partial charge in [0.2, 0.25) is 5.89 Å². The summed E-state index contributed by atoms with van der Waals surface area (Å²) in [6.07, 6.45) is 1.72. The zero-order valence-electron chi connectivity index (χ0n) is 17.0. The van der Waals surface area contributed by atoms with E-state index in [2.05, 4.69) is 0 Å². The number of fused-ring (bicyclic) bond motifs is 1. The van der Waals surface area contributed by atoms with Gasteiger partial charge in [-0.25, -0.2) is 4.98 Å². The lowest BCUT2D eigenvalue weighted by Gasteiger charge is -2.22. The second kappa shape index (κ2) is 8.08. The van der Waals surface area contributed by atoms with Crippen molar-refractivity contribution in [2.75, 3.05) is 13.7 Å². The van der Waals surface area contributed by atoms with E-state index in [-0.39, 0.29) is 11.9 Å². The van der Waals surface area contributed by atoms with Crippen molar-refractivity contribution >= 4 is 28.6 Å². The van der Waals surface area contributed by atoms with Crippen LogP contribution in [0.2, 0.25) is 5.02 Å². The molecule has 5 nitrogen and oxygen atoms in total. The van der Waals surface area contributed by atoms with Crippen molar-refractivity contribution in [3.8, 4) is 16.9 Å². The average molecular weight is 433 g/mol. The van der Waals surface area contributed by atoms with Crippen molar-refractivity contribution in [2.24, 2.45) is 0 Å². The number of hydrogen-bond donors (Lipinski definition) is 0. The molecule has 6 heteroatoms. The Morgan fingerprint density at radius 1 is 1.13 bits per heavy atom. The third kappa shape index (κ3) is 3.66. The van der Waals surface area contributed by atoms with Crippen LogP contribution in [-0.4, -0.2) is 29.4 Å². The molecule has 1 fully saturated rings. The lowest BCUT2D eigenvalue weighted by molar-refractivity contribution is 0.0717. The monoisotopic (exact) mass is 432 g/mol. The number of rotatable bonds is 4. The molecule has 0 radical (unpaired) electrons. The highest BCUT2D eigenvalue weighted by Crippen LogP contribution is 2.36. The molecule has 156 valence electrons.